The van der Waals surface area contributed by atoms with Crippen LogP contribution in [0.1, 0.15) is 24.7 Å². The molecule has 0 spiro atoms. The number of nitrogens with two attached hydrogens (primary N) is 1. The minimum absolute atomic E-state index is 0. The van der Waals surface area contributed by atoms with E-state index >= 15 is 0 Å². The van der Waals surface area contributed by atoms with Gasteiger partial charge in [0.25, 0.3) is 0 Å². The number of nitrogens with one attached hydrogen (secondary N) is 1. The van der Waals surface area contributed by atoms with Crippen LogP contribution in [0.4, 0.5) is 0 Å². The van der Waals surface area contributed by atoms with Crippen molar-refractivity contribution in [2.24, 2.45) is 10.7 Å². The van der Waals surface area contributed by atoms with Crippen molar-refractivity contribution >= 4 is 29.9 Å². The van der Waals surface area contributed by atoms with Crippen molar-refractivity contribution in [3.05, 3.63) is 54.1 Å². The number of benzene rings is 1. The van der Waals surface area contributed by atoms with Crippen molar-refractivity contribution in [1.29, 1.82) is 0 Å². The van der Waals surface area contributed by atoms with E-state index in [2.05, 4.69) is 44.1 Å². The fraction of sp³-hybridized carbons (Fsp3) is 0.444. The van der Waals surface area contributed by atoms with Gasteiger partial charge in [-0.3, -0.25) is 4.99 Å². The Kier molecular flexibility index (Phi) is 10.9. The summed E-state index contributed by atoms with van der Waals surface area (Å²) < 4.78 is 7.43. The van der Waals surface area contributed by atoms with Gasteiger partial charge >= 0.3 is 0 Å². The molecule has 0 aliphatic rings. The lowest BCUT2D eigenvalue weighted by Crippen LogP contribution is -2.33. The Morgan fingerprint density at radius 1 is 1.32 bits per heavy atom. The molecule has 25 heavy (non-hydrogen) atoms. The first-order chi connectivity index (χ1) is 11.8. The SMILES string of the molecule is CCOCCCN=C(N)NCCc1nccn1Cc1ccccc1.I. The van der Waals surface area contributed by atoms with E-state index in [0.29, 0.717) is 19.0 Å². The second-order valence-corrected chi connectivity index (χ2v) is 5.45. The summed E-state index contributed by atoms with van der Waals surface area (Å²) in [6.45, 7) is 5.68. The minimum atomic E-state index is 0. The Labute approximate surface area is 166 Å². The molecule has 0 atom stereocenters. The average Bonchev–Trinajstić information content (AvgIpc) is 3.03. The van der Waals surface area contributed by atoms with Crippen LogP contribution < -0.4 is 11.1 Å². The molecule has 2 aromatic rings. The highest BCUT2D eigenvalue weighted by Gasteiger charge is 2.03. The van der Waals surface area contributed by atoms with E-state index in [4.69, 9.17) is 10.5 Å². The molecule has 1 aromatic heterocycles. The molecule has 0 aliphatic carbocycles. The largest absolute Gasteiger partial charge is 0.382 e. The third kappa shape index (κ3) is 8.35. The molecule has 0 bridgehead atoms. The van der Waals surface area contributed by atoms with Crippen molar-refractivity contribution in [2.45, 2.75) is 26.3 Å². The Bertz CT molecular complexity index is 615. The summed E-state index contributed by atoms with van der Waals surface area (Å²) in [7, 11) is 0. The highest BCUT2D eigenvalue weighted by Crippen LogP contribution is 2.05. The molecule has 6 nitrogen and oxygen atoms in total. The number of halogens is 1. The van der Waals surface area contributed by atoms with E-state index in [1.54, 1.807) is 0 Å². The van der Waals surface area contributed by atoms with Crippen LogP contribution in [-0.4, -0.2) is 41.8 Å². The molecule has 0 amide bonds. The predicted molar refractivity (Wildman–Crippen MR) is 112 cm³/mol. The zero-order valence-corrected chi connectivity index (χ0v) is 17.1. The maximum absolute atomic E-state index is 5.86. The summed E-state index contributed by atoms with van der Waals surface area (Å²) in [5.41, 5.74) is 7.12. The zero-order chi connectivity index (χ0) is 17.0. The topological polar surface area (TPSA) is 77.5 Å². The van der Waals surface area contributed by atoms with Gasteiger partial charge in [0.1, 0.15) is 5.82 Å². The third-order valence-corrected chi connectivity index (χ3v) is 3.59. The molecule has 0 unspecified atom stereocenters. The minimum Gasteiger partial charge on any atom is -0.382 e. The molecule has 7 heteroatoms. The van der Waals surface area contributed by atoms with Crippen LogP contribution in [0.5, 0.6) is 0 Å². The quantitative estimate of drug-likeness (QED) is 0.249. The molecule has 1 heterocycles. The van der Waals surface area contributed by atoms with Crippen LogP contribution >= 0.6 is 24.0 Å². The smallest absolute Gasteiger partial charge is 0.188 e. The summed E-state index contributed by atoms with van der Waals surface area (Å²) in [5, 5.41) is 3.14. The van der Waals surface area contributed by atoms with Crippen molar-refractivity contribution in [2.75, 3.05) is 26.3 Å². The fourth-order valence-corrected chi connectivity index (χ4v) is 2.36. The summed E-state index contributed by atoms with van der Waals surface area (Å²) in [5.74, 6) is 1.52. The van der Waals surface area contributed by atoms with Gasteiger partial charge in [0, 0.05) is 51.7 Å². The van der Waals surface area contributed by atoms with Crippen molar-refractivity contribution in [3.8, 4) is 0 Å². The molecule has 0 saturated carbocycles. The van der Waals surface area contributed by atoms with Crippen LogP contribution in [-0.2, 0) is 17.7 Å². The molecule has 0 fully saturated rings. The lowest BCUT2D eigenvalue weighted by Gasteiger charge is -2.09. The van der Waals surface area contributed by atoms with E-state index < -0.39 is 0 Å². The Hall–Kier alpha value is -1.61. The lowest BCUT2D eigenvalue weighted by atomic mass is 10.2. The van der Waals surface area contributed by atoms with Crippen molar-refractivity contribution in [3.63, 3.8) is 0 Å². The third-order valence-electron chi connectivity index (χ3n) is 3.59. The molecule has 1 aromatic carbocycles. The number of guanidine groups is 1. The van der Waals surface area contributed by atoms with Crippen LogP contribution in [0.3, 0.4) is 0 Å². The van der Waals surface area contributed by atoms with Crippen molar-refractivity contribution < 1.29 is 4.74 Å². The highest BCUT2D eigenvalue weighted by atomic mass is 127. The van der Waals surface area contributed by atoms with Gasteiger partial charge in [-0.25, -0.2) is 4.98 Å². The molecule has 3 N–H and O–H groups in total. The van der Waals surface area contributed by atoms with E-state index in [1.165, 1.54) is 5.56 Å². The monoisotopic (exact) mass is 457 g/mol. The van der Waals surface area contributed by atoms with Gasteiger partial charge in [0.05, 0.1) is 0 Å². The van der Waals surface area contributed by atoms with E-state index in [0.717, 1.165) is 38.4 Å². The molecular formula is C18H28IN5O. The van der Waals surface area contributed by atoms with Gasteiger partial charge < -0.3 is 20.4 Å². The fourth-order valence-electron chi connectivity index (χ4n) is 2.36. The summed E-state index contributed by atoms with van der Waals surface area (Å²) >= 11 is 0. The number of hydrogen-bond donors (Lipinski definition) is 2. The van der Waals surface area contributed by atoms with Crippen LogP contribution in [0.2, 0.25) is 0 Å². The summed E-state index contributed by atoms with van der Waals surface area (Å²) in [6.07, 6.45) is 5.53. The number of ether oxygens (including phenoxy) is 1. The summed E-state index contributed by atoms with van der Waals surface area (Å²) in [6, 6.07) is 10.4. The normalized spacial score (nSPS) is 11.2. The lowest BCUT2D eigenvalue weighted by molar-refractivity contribution is 0.146. The Balaban J connectivity index is 0.00000312. The van der Waals surface area contributed by atoms with Gasteiger partial charge in [-0.2, -0.15) is 0 Å². The second kappa shape index (κ2) is 12.7. The standard InChI is InChI=1S/C18H27N5O.HI/c1-2-24-14-6-10-21-18(19)22-11-9-17-20-12-13-23(17)15-16-7-4-3-5-8-16;/h3-5,7-8,12-13H,2,6,9-11,14-15H2,1H3,(H3,19,21,22);1H. The van der Waals surface area contributed by atoms with Crippen LogP contribution in [0.15, 0.2) is 47.7 Å². The van der Waals surface area contributed by atoms with Gasteiger partial charge in [0.15, 0.2) is 5.96 Å². The van der Waals surface area contributed by atoms with Crippen LogP contribution in [0, 0.1) is 0 Å². The van der Waals surface area contributed by atoms with Crippen molar-refractivity contribution in [1.82, 2.24) is 14.9 Å². The molecular weight excluding hydrogens is 429 g/mol. The molecule has 2 rings (SSSR count). The number of rotatable bonds is 10. The first kappa shape index (κ1) is 21.4. The molecule has 138 valence electrons. The van der Waals surface area contributed by atoms with E-state index in [-0.39, 0.29) is 24.0 Å². The van der Waals surface area contributed by atoms with Gasteiger partial charge in [-0.05, 0) is 18.9 Å². The number of imidazole rings is 1. The average molecular weight is 457 g/mol. The Morgan fingerprint density at radius 2 is 2.12 bits per heavy atom. The first-order valence-corrected chi connectivity index (χ1v) is 8.45. The highest BCUT2D eigenvalue weighted by molar-refractivity contribution is 14.0. The van der Waals surface area contributed by atoms with E-state index in [1.807, 2.05) is 25.4 Å². The number of aliphatic imine (C=N–C) groups is 1. The summed E-state index contributed by atoms with van der Waals surface area (Å²) in [4.78, 5) is 8.71. The van der Waals surface area contributed by atoms with Crippen LogP contribution in [0.25, 0.3) is 0 Å². The van der Waals surface area contributed by atoms with Gasteiger partial charge in [-0.15, -0.1) is 24.0 Å². The maximum Gasteiger partial charge on any atom is 0.188 e. The van der Waals surface area contributed by atoms with Gasteiger partial charge in [0.2, 0.25) is 0 Å². The molecule has 0 aliphatic heterocycles. The number of hydrogen-bond acceptors (Lipinski definition) is 3. The second-order valence-electron chi connectivity index (χ2n) is 5.45. The maximum atomic E-state index is 5.86. The number of nitrogens with zero attached hydrogens (tertiary/aromatic N) is 3. The predicted octanol–water partition coefficient (Wildman–Crippen LogP) is 2.42. The molecule has 0 saturated heterocycles. The Morgan fingerprint density at radius 3 is 2.88 bits per heavy atom. The number of aromatic nitrogens is 2. The molecule has 0 radical (unpaired) electrons. The van der Waals surface area contributed by atoms with Gasteiger partial charge in [-0.1, -0.05) is 30.3 Å². The first-order valence-electron chi connectivity index (χ1n) is 8.45. The van der Waals surface area contributed by atoms with E-state index in [9.17, 15) is 0 Å². The zero-order valence-electron chi connectivity index (χ0n) is 14.7.